The van der Waals surface area contributed by atoms with Crippen LogP contribution in [0.3, 0.4) is 0 Å². The van der Waals surface area contributed by atoms with E-state index in [4.69, 9.17) is 0 Å². The summed E-state index contributed by atoms with van der Waals surface area (Å²) in [5.41, 5.74) is 0. The van der Waals surface area contributed by atoms with E-state index in [-0.39, 0.29) is 56.0 Å². The summed E-state index contributed by atoms with van der Waals surface area (Å²) >= 11 is 0. The van der Waals surface area contributed by atoms with Crippen LogP contribution in [0, 0.1) is 0 Å². The van der Waals surface area contributed by atoms with Crippen molar-refractivity contribution in [3.63, 3.8) is 0 Å². The van der Waals surface area contributed by atoms with E-state index in [2.05, 4.69) is 0 Å². The molecular weight excluding hydrogens is 113 g/mol. The molecule has 0 rings (SSSR count). The fourth-order valence-electron chi connectivity index (χ4n) is 0. The van der Waals surface area contributed by atoms with E-state index >= 15 is 0 Å². The zero-order valence-electron chi connectivity index (χ0n) is 4.34. The second kappa shape index (κ2) is 269. The van der Waals surface area contributed by atoms with Crippen LogP contribution in [0.1, 0.15) is 1.43 Å². The predicted octanol–water partition coefficient (Wildman–Crippen LogP) is -2.11. The molecule has 0 amide bonds. The third kappa shape index (κ3) is 137. The Hall–Kier alpha value is 0.680. The van der Waals surface area contributed by atoms with Gasteiger partial charge in [0.1, 0.15) is 0 Å². The van der Waals surface area contributed by atoms with Crippen LogP contribution in [0.15, 0.2) is 0 Å². The summed E-state index contributed by atoms with van der Waals surface area (Å²) in [5.74, 6) is 0. The first kappa shape index (κ1) is 466. The quantitative estimate of drug-likeness (QED) is 0.289. The standard InChI is InChI=1S/4FH.H3N.Na.H/h4*1H;1H3;;/q;;;;;+1;-1. The van der Waals surface area contributed by atoms with Crippen molar-refractivity contribution in [2.45, 2.75) is 0 Å². The first-order valence-corrected chi connectivity index (χ1v) is 0. The molecule has 6 heteroatoms. The molecule has 0 aliphatic heterocycles. The minimum Gasteiger partial charge on any atom is -1.00 e. The van der Waals surface area contributed by atoms with Gasteiger partial charge in [-0.15, -0.1) is 0 Å². The van der Waals surface area contributed by atoms with Gasteiger partial charge in [-0.2, -0.15) is 0 Å². The number of halogens is 4. The largest absolute Gasteiger partial charge is 1.00 e. The van der Waals surface area contributed by atoms with Gasteiger partial charge in [0.25, 0.3) is 0 Å². The summed E-state index contributed by atoms with van der Waals surface area (Å²) in [5, 5.41) is 0. The maximum atomic E-state index is 0. The Bertz CT molecular complexity index is 11.7. The summed E-state index contributed by atoms with van der Waals surface area (Å²) in [6.45, 7) is 0. The Morgan fingerprint density at radius 3 is 0.667 bits per heavy atom. The molecule has 1 nitrogen and oxygen atoms in total. The Balaban J connectivity index is 0. The molecule has 6 heavy (non-hydrogen) atoms. The van der Waals surface area contributed by atoms with Gasteiger partial charge in [0, 0.05) is 0 Å². The second-order valence-corrected chi connectivity index (χ2v) is 0. The van der Waals surface area contributed by atoms with Gasteiger partial charge in [-0.25, -0.2) is 0 Å². The van der Waals surface area contributed by atoms with E-state index in [1.54, 1.807) is 0 Å². The van der Waals surface area contributed by atoms with Gasteiger partial charge < -0.3 is 7.58 Å². The Kier molecular flexibility index (Phi) is 20900. The van der Waals surface area contributed by atoms with Crippen LogP contribution in [0.25, 0.3) is 0 Å². The average molecular weight is 121 g/mol. The molecule has 0 aliphatic rings. The first-order valence-electron chi connectivity index (χ1n) is 0. The van der Waals surface area contributed by atoms with Crippen LogP contribution >= 0.6 is 0 Å². The van der Waals surface area contributed by atoms with Gasteiger partial charge in [-0.1, -0.05) is 0 Å². The van der Waals surface area contributed by atoms with Gasteiger partial charge in [-0.05, 0) is 0 Å². The summed E-state index contributed by atoms with van der Waals surface area (Å²) < 4.78 is 0. The fourth-order valence-corrected chi connectivity index (χ4v) is 0. The van der Waals surface area contributed by atoms with Crippen LogP contribution in [0.2, 0.25) is 0 Å². The van der Waals surface area contributed by atoms with Gasteiger partial charge in [-0.3, -0.25) is 18.8 Å². The van der Waals surface area contributed by atoms with E-state index < -0.39 is 0 Å². The fraction of sp³-hybridized carbons (Fsp3) is 0. The maximum Gasteiger partial charge on any atom is 1.00 e. The van der Waals surface area contributed by atoms with Crippen LogP contribution in [0.4, 0.5) is 18.8 Å². The minimum atomic E-state index is 0. The van der Waals surface area contributed by atoms with E-state index in [0.29, 0.717) is 0 Å². The van der Waals surface area contributed by atoms with Crippen molar-refractivity contribution in [1.29, 1.82) is 0 Å². The second-order valence-electron chi connectivity index (χ2n) is 0. The summed E-state index contributed by atoms with van der Waals surface area (Å²) in [6, 6.07) is 0. The monoisotopic (exact) mass is 121 g/mol. The Morgan fingerprint density at radius 1 is 0.667 bits per heavy atom. The molecule has 0 spiro atoms. The zero-order valence-corrected chi connectivity index (χ0v) is 5.34. The van der Waals surface area contributed by atoms with E-state index in [0.717, 1.165) is 0 Å². The smallest absolute Gasteiger partial charge is 1.00 e. The van der Waals surface area contributed by atoms with Crippen molar-refractivity contribution >= 4 is 0 Å². The minimum absolute atomic E-state index is 0. The molecule has 0 aromatic heterocycles. The van der Waals surface area contributed by atoms with Crippen molar-refractivity contribution in [2.24, 2.45) is 0 Å². The third-order valence-corrected chi connectivity index (χ3v) is 0. The Labute approximate surface area is 56.3 Å². The van der Waals surface area contributed by atoms with Crippen molar-refractivity contribution in [1.82, 2.24) is 6.15 Å². The third-order valence-electron chi connectivity index (χ3n) is 0. The molecule has 42 valence electrons. The van der Waals surface area contributed by atoms with Crippen LogP contribution in [-0.2, 0) is 0 Å². The maximum absolute atomic E-state index is 0. The SMILES string of the molecule is F.F.F.F.N.[H-].[Na+]. The zero-order chi connectivity index (χ0) is 0. The average Bonchev–Trinajstić information content (AvgIpc) is 0. The van der Waals surface area contributed by atoms with Crippen LogP contribution in [0.5, 0.6) is 0 Å². The summed E-state index contributed by atoms with van der Waals surface area (Å²) in [6.07, 6.45) is 0. The summed E-state index contributed by atoms with van der Waals surface area (Å²) in [4.78, 5) is 0. The van der Waals surface area contributed by atoms with Crippen molar-refractivity contribution in [2.75, 3.05) is 0 Å². The molecule has 0 bridgehead atoms. The molecule has 0 aromatic rings. The molecule has 0 fully saturated rings. The topological polar surface area (TPSA) is 35.0 Å². The predicted molar refractivity (Wildman–Crippen MR) is 16.1 cm³/mol. The number of hydrogen-bond acceptors (Lipinski definition) is 1. The Morgan fingerprint density at radius 2 is 0.667 bits per heavy atom. The molecule has 0 heterocycles. The van der Waals surface area contributed by atoms with Crippen LogP contribution in [-0.4, -0.2) is 0 Å². The van der Waals surface area contributed by atoms with Crippen molar-refractivity contribution < 1.29 is 49.8 Å². The van der Waals surface area contributed by atoms with E-state index in [1.165, 1.54) is 0 Å². The van der Waals surface area contributed by atoms with E-state index in [1.807, 2.05) is 0 Å². The van der Waals surface area contributed by atoms with E-state index in [9.17, 15) is 0 Å². The molecule has 0 atom stereocenters. The molecule has 0 aromatic carbocycles. The number of hydrogen-bond donors (Lipinski definition) is 1. The molecule has 0 saturated heterocycles. The number of rotatable bonds is 0. The van der Waals surface area contributed by atoms with Gasteiger partial charge in [0.2, 0.25) is 0 Å². The summed E-state index contributed by atoms with van der Waals surface area (Å²) in [7, 11) is 0. The molecule has 0 radical (unpaired) electrons. The molecule has 0 saturated carbocycles. The van der Waals surface area contributed by atoms with Gasteiger partial charge in [0.05, 0.1) is 0 Å². The molecular formula is H8F4NNa. The van der Waals surface area contributed by atoms with Gasteiger partial charge >= 0.3 is 29.6 Å². The molecule has 0 aliphatic carbocycles. The van der Waals surface area contributed by atoms with Crippen molar-refractivity contribution in [3.05, 3.63) is 0 Å². The molecule has 0 unspecified atom stereocenters. The first-order chi connectivity index (χ1) is 0. The van der Waals surface area contributed by atoms with Gasteiger partial charge in [0.15, 0.2) is 0 Å². The molecule has 3 N–H and O–H groups in total. The van der Waals surface area contributed by atoms with Crippen molar-refractivity contribution in [3.8, 4) is 0 Å². The van der Waals surface area contributed by atoms with Crippen LogP contribution < -0.4 is 35.7 Å². The normalized spacial score (nSPS) is 0.